The highest BCUT2D eigenvalue weighted by atomic mass is 16.6. The predicted molar refractivity (Wildman–Crippen MR) is 107 cm³/mol. The van der Waals surface area contributed by atoms with Gasteiger partial charge in [-0.3, -0.25) is 9.48 Å². The minimum absolute atomic E-state index is 0.0498. The number of aryl methyl sites for hydroxylation is 1. The van der Waals surface area contributed by atoms with Crippen molar-refractivity contribution in [3.63, 3.8) is 0 Å². The van der Waals surface area contributed by atoms with Crippen LogP contribution in [0.1, 0.15) is 26.7 Å². The van der Waals surface area contributed by atoms with E-state index >= 15 is 0 Å². The third-order valence-electron chi connectivity index (χ3n) is 6.87. The minimum atomic E-state index is -0.360. The van der Waals surface area contributed by atoms with Gasteiger partial charge in [0.1, 0.15) is 11.1 Å². The molecular weight excluding hydrogens is 384 g/mol. The van der Waals surface area contributed by atoms with Crippen LogP contribution in [0.25, 0.3) is 16.8 Å². The molecule has 3 aliphatic rings. The van der Waals surface area contributed by atoms with Crippen LogP contribution in [-0.4, -0.2) is 65.6 Å². The second-order valence-corrected chi connectivity index (χ2v) is 8.87. The van der Waals surface area contributed by atoms with Crippen molar-refractivity contribution >= 4 is 11.4 Å². The van der Waals surface area contributed by atoms with Gasteiger partial charge in [0.25, 0.3) is 5.91 Å². The zero-order valence-electron chi connectivity index (χ0n) is 17.2. The normalized spacial score (nSPS) is 32.2. The van der Waals surface area contributed by atoms with Crippen LogP contribution in [0.3, 0.4) is 0 Å². The summed E-state index contributed by atoms with van der Waals surface area (Å²) >= 11 is 0. The smallest absolute Gasteiger partial charge is 0.254 e. The molecule has 3 aromatic heterocycles. The van der Waals surface area contributed by atoms with Crippen molar-refractivity contribution in [1.29, 1.82) is 0 Å². The third kappa shape index (κ3) is 2.57. The summed E-state index contributed by atoms with van der Waals surface area (Å²) in [6, 6.07) is 2.13. The van der Waals surface area contributed by atoms with Crippen molar-refractivity contribution in [2.24, 2.45) is 13.0 Å². The van der Waals surface area contributed by atoms with Gasteiger partial charge in [0.05, 0.1) is 30.4 Å². The summed E-state index contributed by atoms with van der Waals surface area (Å²) in [6.07, 6.45) is 8.87. The molecule has 1 amide bonds. The van der Waals surface area contributed by atoms with E-state index in [0.717, 1.165) is 36.2 Å². The molecule has 3 aromatic rings. The molecule has 0 N–H and O–H groups in total. The Kier molecular flexibility index (Phi) is 3.60. The first-order valence-corrected chi connectivity index (χ1v) is 10.4. The Hall–Kier alpha value is -2.94. The molecule has 2 aliphatic heterocycles. The standard InChI is InChI=1S/C21H24N6O3/c1-12-18(29-12)20(28)26-7-5-14-17(26)8-21(14,2)30-19-16-4-6-22-27(16)11-15(24-19)13-9-23-25(3)10-13/h4,6,9-12,14,17-18H,5,7-8H2,1-3H3/t12-,14-,17-,18+,21+/m0/s1. The number of carbonyl (C=O) groups excluding carboxylic acids is 1. The average molecular weight is 408 g/mol. The van der Waals surface area contributed by atoms with Crippen LogP contribution in [-0.2, 0) is 16.6 Å². The van der Waals surface area contributed by atoms with E-state index in [9.17, 15) is 4.79 Å². The number of likely N-dealkylation sites (tertiary alicyclic amines) is 1. The topological polar surface area (TPSA) is 90.1 Å². The average Bonchev–Trinajstić information content (AvgIpc) is 3.10. The Morgan fingerprint density at radius 3 is 2.90 bits per heavy atom. The first-order chi connectivity index (χ1) is 14.4. The Balaban J connectivity index is 1.27. The maximum Gasteiger partial charge on any atom is 0.254 e. The molecule has 2 saturated heterocycles. The maximum atomic E-state index is 12.6. The van der Waals surface area contributed by atoms with Gasteiger partial charge in [-0.25, -0.2) is 9.50 Å². The fourth-order valence-corrected chi connectivity index (χ4v) is 5.11. The van der Waals surface area contributed by atoms with E-state index in [1.165, 1.54) is 0 Å². The molecule has 156 valence electrons. The van der Waals surface area contributed by atoms with Gasteiger partial charge in [-0.1, -0.05) is 0 Å². The van der Waals surface area contributed by atoms with E-state index in [0.29, 0.717) is 11.8 Å². The predicted octanol–water partition coefficient (Wildman–Crippen LogP) is 1.68. The number of hydrogen-bond acceptors (Lipinski definition) is 6. The molecule has 0 unspecified atom stereocenters. The number of rotatable bonds is 4. The van der Waals surface area contributed by atoms with E-state index in [-0.39, 0.29) is 29.8 Å². The zero-order chi connectivity index (χ0) is 20.6. The molecule has 5 atom stereocenters. The monoisotopic (exact) mass is 408 g/mol. The molecule has 0 bridgehead atoms. The molecule has 6 rings (SSSR count). The number of ether oxygens (including phenoxy) is 2. The zero-order valence-corrected chi connectivity index (χ0v) is 17.2. The van der Waals surface area contributed by atoms with E-state index in [4.69, 9.17) is 14.5 Å². The van der Waals surface area contributed by atoms with Crippen molar-refractivity contribution in [3.8, 4) is 17.1 Å². The quantitative estimate of drug-likeness (QED) is 0.610. The van der Waals surface area contributed by atoms with E-state index in [1.807, 2.05) is 37.3 Å². The van der Waals surface area contributed by atoms with Gasteiger partial charge in [-0.2, -0.15) is 10.2 Å². The summed E-state index contributed by atoms with van der Waals surface area (Å²) in [7, 11) is 1.88. The summed E-state index contributed by atoms with van der Waals surface area (Å²) in [6.45, 7) is 4.84. The summed E-state index contributed by atoms with van der Waals surface area (Å²) in [4.78, 5) is 19.5. The van der Waals surface area contributed by atoms with E-state index < -0.39 is 0 Å². The van der Waals surface area contributed by atoms with Crippen LogP contribution in [0.2, 0.25) is 0 Å². The number of nitrogens with zero attached hydrogens (tertiary/aromatic N) is 6. The van der Waals surface area contributed by atoms with Crippen LogP contribution in [0.15, 0.2) is 30.9 Å². The third-order valence-corrected chi connectivity index (χ3v) is 6.87. The highest BCUT2D eigenvalue weighted by Crippen LogP contribution is 2.51. The van der Waals surface area contributed by atoms with Crippen molar-refractivity contribution in [3.05, 3.63) is 30.9 Å². The van der Waals surface area contributed by atoms with Crippen molar-refractivity contribution < 1.29 is 14.3 Å². The number of fused-ring (bicyclic) bond motifs is 2. The molecule has 0 aromatic carbocycles. The SMILES string of the molecule is C[C@@H]1O[C@H]1C(=O)N1CC[C@H]2[C@@H]1C[C@@]2(C)Oc1nc(-c2cnn(C)c2)cn2nccc12. The van der Waals surface area contributed by atoms with Gasteiger partial charge in [0.15, 0.2) is 6.10 Å². The number of epoxide rings is 1. The first kappa shape index (κ1) is 17.9. The Morgan fingerprint density at radius 2 is 2.17 bits per heavy atom. The van der Waals surface area contributed by atoms with Gasteiger partial charge >= 0.3 is 0 Å². The second kappa shape index (κ2) is 6.04. The minimum Gasteiger partial charge on any atom is -0.469 e. The Morgan fingerprint density at radius 1 is 1.33 bits per heavy atom. The lowest BCUT2D eigenvalue weighted by Crippen LogP contribution is -2.61. The fraction of sp³-hybridized carbons (Fsp3) is 0.524. The molecular formula is C21H24N6O3. The van der Waals surface area contributed by atoms with Crippen LogP contribution >= 0.6 is 0 Å². The van der Waals surface area contributed by atoms with Gasteiger partial charge in [0, 0.05) is 43.7 Å². The molecule has 0 radical (unpaired) electrons. The Bertz CT molecular complexity index is 1150. The summed E-state index contributed by atoms with van der Waals surface area (Å²) < 4.78 is 15.5. The highest BCUT2D eigenvalue weighted by molar-refractivity contribution is 5.84. The largest absolute Gasteiger partial charge is 0.469 e. The number of carbonyl (C=O) groups is 1. The van der Waals surface area contributed by atoms with Gasteiger partial charge in [0.2, 0.25) is 5.88 Å². The van der Waals surface area contributed by atoms with E-state index in [1.54, 1.807) is 21.6 Å². The highest BCUT2D eigenvalue weighted by Gasteiger charge is 2.61. The van der Waals surface area contributed by atoms with Gasteiger partial charge in [-0.15, -0.1) is 0 Å². The van der Waals surface area contributed by atoms with Crippen molar-refractivity contribution in [2.75, 3.05) is 6.54 Å². The van der Waals surface area contributed by atoms with Crippen molar-refractivity contribution in [1.82, 2.24) is 29.3 Å². The lowest BCUT2D eigenvalue weighted by Gasteiger charge is -2.51. The fourth-order valence-electron chi connectivity index (χ4n) is 5.11. The van der Waals surface area contributed by atoms with Crippen LogP contribution in [0.4, 0.5) is 0 Å². The molecule has 30 heavy (non-hydrogen) atoms. The number of hydrogen-bond donors (Lipinski definition) is 0. The number of amides is 1. The number of aromatic nitrogens is 5. The van der Waals surface area contributed by atoms with Crippen LogP contribution < -0.4 is 4.74 Å². The molecule has 9 heteroatoms. The van der Waals surface area contributed by atoms with E-state index in [2.05, 4.69) is 17.1 Å². The van der Waals surface area contributed by atoms with Crippen molar-refractivity contribution in [2.45, 2.75) is 50.5 Å². The van der Waals surface area contributed by atoms with Gasteiger partial charge < -0.3 is 14.4 Å². The Labute approximate surface area is 173 Å². The first-order valence-electron chi connectivity index (χ1n) is 10.4. The molecule has 1 saturated carbocycles. The molecule has 1 aliphatic carbocycles. The summed E-state index contributed by atoms with van der Waals surface area (Å²) in [5.74, 6) is 0.994. The molecule has 9 nitrogen and oxygen atoms in total. The molecule has 5 heterocycles. The second-order valence-electron chi connectivity index (χ2n) is 8.87. The lowest BCUT2D eigenvalue weighted by atomic mass is 9.66. The lowest BCUT2D eigenvalue weighted by molar-refractivity contribution is -0.143. The van der Waals surface area contributed by atoms with Crippen LogP contribution in [0, 0.1) is 5.92 Å². The van der Waals surface area contributed by atoms with Crippen LogP contribution in [0.5, 0.6) is 5.88 Å². The molecule has 0 spiro atoms. The summed E-state index contributed by atoms with van der Waals surface area (Å²) in [5, 5.41) is 8.63. The maximum absolute atomic E-state index is 12.6. The summed E-state index contributed by atoms with van der Waals surface area (Å²) in [5.41, 5.74) is 2.14. The molecule has 3 fully saturated rings. The van der Waals surface area contributed by atoms with Gasteiger partial charge in [-0.05, 0) is 26.3 Å².